The number of carbonyl (C=O) groups is 5. The zero-order valence-electron chi connectivity index (χ0n) is 55.9. The van der Waals surface area contributed by atoms with Crippen LogP contribution in [0.25, 0.3) is 0 Å². The highest BCUT2D eigenvalue weighted by Gasteiger charge is 2.34. The summed E-state index contributed by atoms with van der Waals surface area (Å²) in [6.45, 7) is 8.07. The minimum absolute atomic E-state index is 0. The van der Waals surface area contributed by atoms with Gasteiger partial charge in [-0.1, -0.05) is 107 Å². The van der Waals surface area contributed by atoms with E-state index in [-0.39, 0.29) is 70.6 Å². The number of pyridine rings is 3. The van der Waals surface area contributed by atoms with Gasteiger partial charge in [0.05, 0.1) is 30.7 Å². The Kier molecular flexibility index (Phi) is 36.4. The topological polar surface area (TPSA) is 257 Å². The molecule has 0 unspecified atom stereocenters. The smallest absolute Gasteiger partial charge is 0.293 e. The summed E-state index contributed by atoms with van der Waals surface area (Å²) >= 11 is 5.73. The first-order valence-electron chi connectivity index (χ1n) is 35.0. The number of aliphatic hydroxyl groups is 3. The number of fused-ring (bicyclic) bond motifs is 3. The third-order valence-corrected chi connectivity index (χ3v) is 20.2. The van der Waals surface area contributed by atoms with Gasteiger partial charge < -0.3 is 59.8 Å². The number of nitrogens with one attached hydrogen (secondary N) is 1. The molecule has 0 saturated carbocycles. The molecule has 0 amide bonds. The molecule has 9 heterocycles. The Labute approximate surface area is 600 Å². The molecule has 3 aromatic carbocycles. The lowest BCUT2D eigenvalue weighted by Gasteiger charge is -2.38. The van der Waals surface area contributed by atoms with Crippen LogP contribution in [0.3, 0.4) is 0 Å². The van der Waals surface area contributed by atoms with Crippen molar-refractivity contribution in [2.24, 2.45) is 23.5 Å². The van der Waals surface area contributed by atoms with Crippen LogP contribution in [0.1, 0.15) is 188 Å². The van der Waals surface area contributed by atoms with Gasteiger partial charge >= 0.3 is 0 Å². The van der Waals surface area contributed by atoms with Crippen molar-refractivity contribution >= 4 is 56.2 Å². The molecular weight excluding hydrogens is 1280 g/mol. The zero-order chi connectivity index (χ0) is 68.1. The Hall–Kier alpha value is -6.52. The highest BCUT2D eigenvalue weighted by Crippen LogP contribution is 2.29. The number of aromatic nitrogens is 3. The van der Waals surface area contributed by atoms with Gasteiger partial charge in [-0.2, -0.15) is 0 Å². The molecular formula is C79H108B2ClN7O11. The Morgan fingerprint density at radius 3 is 1.25 bits per heavy atom. The van der Waals surface area contributed by atoms with E-state index < -0.39 is 18.3 Å². The third-order valence-electron chi connectivity index (χ3n) is 19.9. The van der Waals surface area contributed by atoms with Crippen LogP contribution in [0.4, 0.5) is 0 Å². The number of rotatable bonds is 26. The lowest BCUT2D eigenvalue weighted by Crippen LogP contribution is -2.49. The molecule has 0 bridgehead atoms. The number of nitrogens with zero attached hydrogens (tertiary/aromatic N) is 5. The molecule has 3 fully saturated rings. The van der Waals surface area contributed by atoms with E-state index in [1.54, 1.807) is 24.5 Å². The van der Waals surface area contributed by atoms with Crippen LogP contribution >= 0.6 is 11.6 Å². The minimum atomic E-state index is -0.719. The second-order valence-corrected chi connectivity index (χ2v) is 26.9. The molecule has 21 heteroatoms. The van der Waals surface area contributed by atoms with Gasteiger partial charge in [-0.3, -0.25) is 24.4 Å². The number of aryl methyl sites for hydroxylation is 2. The summed E-state index contributed by atoms with van der Waals surface area (Å²) in [6.07, 6.45) is 19.3. The van der Waals surface area contributed by atoms with Crippen molar-refractivity contribution in [1.29, 1.82) is 0 Å². The van der Waals surface area contributed by atoms with Crippen LogP contribution in [-0.4, -0.2) is 167 Å². The largest absolute Gasteiger partial charge is 0.392 e. The lowest BCUT2D eigenvalue weighted by atomic mass is 9.81. The van der Waals surface area contributed by atoms with E-state index in [0.717, 1.165) is 170 Å². The summed E-state index contributed by atoms with van der Waals surface area (Å²) in [6, 6.07) is 34.8. The second-order valence-electron chi connectivity index (χ2n) is 26.5. The number of hydrogen-bond donors (Lipinski definition) is 5. The first-order chi connectivity index (χ1) is 47.3. The van der Waals surface area contributed by atoms with Gasteiger partial charge in [-0.05, 0) is 197 Å². The molecule has 6 aromatic rings. The number of benzene rings is 3. The summed E-state index contributed by atoms with van der Waals surface area (Å²) in [5.74, 6) is 2.11. The van der Waals surface area contributed by atoms with Crippen molar-refractivity contribution in [1.82, 2.24) is 29.9 Å². The summed E-state index contributed by atoms with van der Waals surface area (Å²) in [4.78, 5) is 76.3. The van der Waals surface area contributed by atoms with Crippen molar-refractivity contribution in [3.05, 3.63) is 194 Å². The van der Waals surface area contributed by atoms with Gasteiger partial charge in [0.1, 0.15) is 5.15 Å². The average molecular weight is 1390 g/mol. The molecule has 3 aromatic heterocycles. The van der Waals surface area contributed by atoms with Crippen LogP contribution in [0.5, 0.6) is 0 Å². The molecule has 18 nitrogen and oxygen atoms in total. The van der Waals surface area contributed by atoms with E-state index in [1.807, 2.05) is 88.5 Å². The van der Waals surface area contributed by atoms with Gasteiger partial charge in [-0.25, -0.2) is 4.98 Å². The van der Waals surface area contributed by atoms with Crippen LogP contribution < -0.4 is 11.1 Å². The van der Waals surface area contributed by atoms with Crippen LogP contribution in [0.15, 0.2) is 128 Å². The summed E-state index contributed by atoms with van der Waals surface area (Å²) < 4.78 is 16.0. The van der Waals surface area contributed by atoms with E-state index in [9.17, 15) is 39.3 Å². The molecule has 0 spiro atoms. The summed E-state index contributed by atoms with van der Waals surface area (Å²) in [5, 5.41) is 35.9. The summed E-state index contributed by atoms with van der Waals surface area (Å²) in [7, 11) is 2.96. The quantitative estimate of drug-likeness (QED) is 0.0146. The first-order valence-corrected chi connectivity index (χ1v) is 35.3. The zero-order valence-corrected chi connectivity index (χ0v) is 56.7. The molecule has 6 aliphatic rings. The van der Waals surface area contributed by atoms with E-state index >= 15 is 0 Å². The molecule has 100 heavy (non-hydrogen) atoms. The highest BCUT2D eigenvalue weighted by atomic mass is 35.5. The average Bonchev–Trinajstić information content (AvgIpc) is 0.814. The number of carbonyl (C=O) groups excluding carboxylic acids is 5. The Morgan fingerprint density at radius 1 is 0.510 bits per heavy atom. The van der Waals surface area contributed by atoms with Crippen LogP contribution in [-0.2, 0) is 75.5 Å². The predicted molar refractivity (Wildman–Crippen MR) is 398 cm³/mol. The normalized spacial score (nSPS) is 19.4. The molecule has 6 N–H and O–H groups in total. The molecule has 3 saturated heterocycles. The number of Topliss-reactive ketones (excluding diaryl/α,β-unsaturated/α-hetero) is 3. The van der Waals surface area contributed by atoms with Crippen LogP contribution in [0.2, 0.25) is 5.15 Å². The number of aliphatic hydroxyl groups excluding tert-OH is 3. The van der Waals surface area contributed by atoms with Crippen molar-refractivity contribution in [2.75, 3.05) is 46.2 Å². The molecule has 538 valence electrons. The number of ether oxygens (including phenoxy) is 3. The van der Waals surface area contributed by atoms with Crippen molar-refractivity contribution in [2.45, 2.75) is 200 Å². The van der Waals surface area contributed by atoms with Gasteiger partial charge in [0.25, 0.3) is 14.8 Å². The van der Waals surface area contributed by atoms with Crippen molar-refractivity contribution in [3.8, 4) is 0 Å². The Morgan fingerprint density at radius 2 is 0.880 bits per heavy atom. The van der Waals surface area contributed by atoms with E-state index in [2.05, 4.69) is 38.5 Å². The number of nitrogens with two attached hydrogens (primary N) is 1. The first kappa shape index (κ1) is 82.4. The fourth-order valence-corrected chi connectivity index (χ4v) is 13.8. The fraction of sp³-hybridized carbons (Fsp3) is 0.519. The molecule has 12 rings (SSSR count). The number of halogens is 1. The van der Waals surface area contributed by atoms with Gasteiger partial charge in [0.15, 0.2) is 17.3 Å². The highest BCUT2D eigenvalue weighted by molar-refractivity contribution is 6.64. The van der Waals surface area contributed by atoms with E-state index in [0.29, 0.717) is 79.4 Å². The molecule has 6 atom stereocenters. The number of ketones is 3. The fourth-order valence-electron chi connectivity index (χ4n) is 13.7. The van der Waals surface area contributed by atoms with Gasteiger partial charge in [-0.15, -0.1) is 0 Å². The third kappa shape index (κ3) is 25.8. The Bertz CT molecular complexity index is 3390. The lowest BCUT2D eigenvalue weighted by molar-refractivity contribution is 0.0638. The minimum Gasteiger partial charge on any atom is -0.392 e. The maximum atomic E-state index is 12.7. The van der Waals surface area contributed by atoms with Gasteiger partial charge in [0.2, 0.25) is 0 Å². The van der Waals surface area contributed by atoms with Crippen molar-refractivity contribution in [3.63, 3.8) is 0 Å². The predicted octanol–water partition coefficient (Wildman–Crippen LogP) is 11.1. The molecule has 0 aliphatic carbocycles. The van der Waals surface area contributed by atoms with Crippen molar-refractivity contribution < 1.29 is 53.5 Å². The van der Waals surface area contributed by atoms with Gasteiger partial charge in [0, 0.05) is 143 Å². The maximum Gasteiger partial charge on any atom is 0.293 e. The van der Waals surface area contributed by atoms with E-state index in [4.69, 9.17) is 31.5 Å². The standard InChI is InChI=1S/C26H32BN2O4.C25H32N2O3.C19H19BClN2O3.C6H13NO.3CH4/c30-18-27-29-17-22-4-2-1-3-20(22)15-24(29)26(32)10-9-25(31)21-6-8-23(28-16-21)7-5-19-11-13-33-14-12-19;28-24(9-10-25(29)23-15-19-3-1-2-4-20(19)16-27-23)21-6-8-22(26-17-21)7-5-18-11-13-30-14-12-18;21-19-8-5-14(10-22-19)17(25)6-7-18(26)16-9-13-3-1-2-4-15(13)11-23(16)20-12-24;7-5-6-1-3-8-4-2-6;;;/h1-4,6,8,16,18-19,24,26,32H,5,7,9-15,17H2;1-4,6,8,17-18,23,25,27,29H,5,7,9-16H2;1-5,8,10,12,16,18,26H,6-7,9,11H2;6H,1-5,7H2;3*1H4/t24-,26+;23-,25+;16-,18+;;;;/m000..../s1. The maximum absolute atomic E-state index is 12.7. The SMILES string of the molecule is C.C.C.NCC1CCOCC1.O=C(CC[C@@H](O)[C@@H]1Cc2ccccc2CN1)c1ccc(CCC2CCOCC2)nc1.O=C[B]N1Cc2ccccc2C[C@H]1[C@H](O)CCC(=O)c1ccc(CCC2CCOCC2)nc1.O=C[B]N1Cc2ccccc2C[C@H]1[C@H](O)CCC(=O)c1ccc(Cl)nc1. The second kappa shape index (κ2) is 44.1. The molecule has 2 radical (unpaired) electrons. The van der Waals surface area contributed by atoms with Crippen LogP contribution in [0, 0.1) is 17.8 Å². The monoisotopic (exact) mass is 1390 g/mol. The Balaban J connectivity index is 0.000000221. The summed E-state index contributed by atoms with van der Waals surface area (Å²) in [5.41, 5.74) is 16.4. The van der Waals surface area contributed by atoms with E-state index in [1.165, 1.54) is 43.3 Å². The number of hydrogen-bond acceptors (Lipinski definition) is 18. The molecule has 6 aliphatic heterocycles.